The van der Waals surface area contributed by atoms with E-state index in [1.165, 1.54) is 12.1 Å². The molecule has 14 heavy (non-hydrogen) atoms. The Hall–Kier alpha value is -2.27. The zero-order valence-electron chi connectivity index (χ0n) is 6.71. The predicted octanol–water partition coefficient (Wildman–Crippen LogP) is 1.52. The molecule has 0 amide bonds. The van der Waals surface area contributed by atoms with Crippen molar-refractivity contribution in [2.45, 2.75) is 0 Å². The fourth-order valence-corrected chi connectivity index (χ4v) is 0.924. The lowest BCUT2D eigenvalue weighted by molar-refractivity contribution is 0.111. The maximum atomic E-state index is 13.0. The summed E-state index contributed by atoms with van der Waals surface area (Å²) in [6, 6.07) is 3.60. The van der Waals surface area contributed by atoms with Crippen LogP contribution >= 0.6 is 0 Å². The molecule has 0 spiro atoms. The first-order valence-corrected chi connectivity index (χ1v) is 3.43. The lowest BCUT2D eigenvalue weighted by atomic mass is 10.1. The van der Waals surface area contributed by atoms with Gasteiger partial charge in [-0.05, 0) is 6.07 Å². The monoisotopic (exact) mass is 192 g/mol. The summed E-state index contributed by atoms with van der Waals surface area (Å²) in [7, 11) is 0. The van der Waals surface area contributed by atoms with Gasteiger partial charge in [0.1, 0.15) is 12.1 Å². The molecule has 0 heterocycles. The van der Waals surface area contributed by atoms with Gasteiger partial charge in [0.05, 0.1) is 16.7 Å². The van der Waals surface area contributed by atoms with Crippen LogP contribution in [0, 0.1) is 34.3 Å². The van der Waals surface area contributed by atoms with Gasteiger partial charge in [0.15, 0.2) is 17.9 Å². The van der Waals surface area contributed by atoms with Crippen LogP contribution in [0.2, 0.25) is 0 Å². The molecular formula is C9H2F2N2O. The molecule has 0 N–H and O–H groups in total. The quantitative estimate of drug-likeness (QED) is 0.633. The van der Waals surface area contributed by atoms with Crippen molar-refractivity contribution in [1.82, 2.24) is 0 Å². The molecule has 0 radical (unpaired) electrons. The number of hydrogen-bond acceptors (Lipinski definition) is 3. The van der Waals surface area contributed by atoms with Crippen molar-refractivity contribution in [3.05, 3.63) is 34.4 Å². The largest absolute Gasteiger partial charge is 0.298 e. The molecule has 1 rings (SSSR count). The van der Waals surface area contributed by atoms with Crippen LogP contribution in [-0.4, -0.2) is 6.29 Å². The van der Waals surface area contributed by atoms with Crippen LogP contribution in [0.1, 0.15) is 21.5 Å². The van der Waals surface area contributed by atoms with Gasteiger partial charge in [-0.2, -0.15) is 10.5 Å². The summed E-state index contributed by atoms with van der Waals surface area (Å²) in [5.74, 6) is -2.47. The first-order chi connectivity index (χ1) is 6.65. The first-order valence-electron chi connectivity index (χ1n) is 3.43. The molecule has 0 unspecified atom stereocenters. The second kappa shape index (κ2) is 3.63. The number of carbonyl (C=O) groups excluding carboxylic acids is 1. The second-order valence-electron chi connectivity index (χ2n) is 2.35. The third-order valence-corrected chi connectivity index (χ3v) is 1.59. The Morgan fingerprint density at radius 2 is 1.57 bits per heavy atom. The van der Waals surface area contributed by atoms with Crippen LogP contribution in [0.15, 0.2) is 6.07 Å². The topological polar surface area (TPSA) is 64.7 Å². The Labute approximate surface area is 77.8 Å². The highest BCUT2D eigenvalue weighted by atomic mass is 19.1. The molecule has 0 aliphatic carbocycles. The number of aldehydes is 1. The van der Waals surface area contributed by atoms with E-state index in [1.54, 1.807) is 0 Å². The number of hydrogen-bond donors (Lipinski definition) is 0. The van der Waals surface area contributed by atoms with E-state index in [-0.39, 0.29) is 6.29 Å². The normalized spacial score (nSPS) is 8.86. The van der Waals surface area contributed by atoms with E-state index in [2.05, 4.69) is 0 Å². The minimum atomic E-state index is -1.24. The number of carbonyl (C=O) groups is 1. The average molecular weight is 192 g/mol. The Morgan fingerprint density at radius 1 is 1.14 bits per heavy atom. The number of rotatable bonds is 1. The summed E-state index contributed by atoms with van der Waals surface area (Å²) in [6.07, 6.45) is -0.0631. The molecule has 0 atom stereocenters. The van der Waals surface area contributed by atoms with Gasteiger partial charge in [0.25, 0.3) is 0 Å². The van der Waals surface area contributed by atoms with Gasteiger partial charge in [-0.1, -0.05) is 0 Å². The molecule has 1 aromatic rings. The van der Waals surface area contributed by atoms with Crippen LogP contribution in [0.5, 0.6) is 0 Å². The molecule has 0 bridgehead atoms. The summed E-state index contributed by atoms with van der Waals surface area (Å²) in [5.41, 5.74) is -1.93. The summed E-state index contributed by atoms with van der Waals surface area (Å²) in [5, 5.41) is 16.8. The highest BCUT2D eigenvalue weighted by Crippen LogP contribution is 2.18. The zero-order chi connectivity index (χ0) is 10.7. The van der Waals surface area contributed by atoms with Crippen molar-refractivity contribution < 1.29 is 13.6 Å². The molecule has 0 aliphatic heterocycles. The Morgan fingerprint density at radius 3 is 1.86 bits per heavy atom. The van der Waals surface area contributed by atoms with Crippen LogP contribution in [0.4, 0.5) is 8.78 Å². The van der Waals surface area contributed by atoms with Gasteiger partial charge in [0, 0.05) is 0 Å². The standard InChI is InChI=1S/C9H2F2N2O/c10-8-5(2-12)1-6(3-13)9(11)7(8)4-14/h1,4H. The van der Waals surface area contributed by atoms with Gasteiger partial charge in [-0.15, -0.1) is 0 Å². The van der Waals surface area contributed by atoms with Gasteiger partial charge < -0.3 is 0 Å². The SMILES string of the molecule is N#Cc1cc(C#N)c(F)c(C=O)c1F. The highest BCUT2D eigenvalue weighted by molar-refractivity contribution is 5.77. The number of nitriles is 2. The summed E-state index contributed by atoms with van der Waals surface area (Å²) < 4.78 is 26.1. The van der Waals surface area contributed by atoms with Crippen LogP contribution < -0.4 is 0 Å². The summed E-state index contributed by atoms with van der Waals surface area (Å²) >= 11 is 0. The van der Waals surface area contributed by atoms with Crippen LogP contribution in [-0.2, 0) is 0 Å². The van der Waals surface area contributed by atoms with Crippen molar-refractivity contribution in [3.8, 4) is 12.1 Å². The van der Waals surface area contributed by atoms with Crippen LogP contribution in [0.25, 0.3) is 0 Å². The molecule has 0 aromatic heterocycles. The molecule has 0 aliphatic rings. The Balaban J connectivity index is 3.68. The molecule has 0 saturated heterocycles. The maximum absolute atomic E-state index is 13.0. The van der Waals surface area contributed by atoms with Crippen molar-refractivity contribution in [2.75, 3.05) is 0 Å². The lowest BCUT2D eigenvalue weighted by Gasteiger charge is -2.00. The Bertz CT molecular complexity index is 445. The van der Waals surface area contributed by atoms with Crippen molar-refractivity contribution in [3.63, 3.8) is 0 Å². The first kappa shape index (κ1) is 9.82. The van der Waals surface area contributed by atoms with E-state index in [1.807, 2.05) is 0 Å². The highest BCUT2D eigenvalue weighted by Gasteiger charge is 2.17. The minimum absolute atomic E-state index is 0.0631. The third-order valence-electron chi connectivity index (χ3n) is 1.59. The van der Waals surface area contributed by atoms with Crippen molar-refractivity contribution in [1.29, 1.82) is 10.5 Å². The van der Waals surface area contributed by atoms with Crippen LogP contribution in [0.3, 0.4) is 0 Å². The fourth-order valence-electron chi connectivity index (χ4n) is 0.924. The molecular weight excluding hydrogens is 190 g/mol. The van der Waals surface area contributed by atoms with E-state index in [0.717, 1.165) is 6.07 Å². The molecule has 1 aromatic carbocycles. The zero-order valence-corrected chi connectivity index (χ0v) is 6.71. The van der Waals surface area contributed by atoms with E-state index in [0.29, 0.717) is 0 Å². The second-order valence-corrected chi connectivity index (χ2v) is 2.35. The molecule has 0 fully saturated rings. The fraction of sp³-hybridized carbons (Fsp3) is 0. The Kier molecular flexibility index (Phi) is 2.54. The molecule has 5 heteroatoms. The van der Waals surface area contributed by atoms with E-state index in [4.69, 9.17) is 10.5 Å². The summed E-state index contributed by atoms with van der Waals surface area (Å²) in [4.78, 5) is 10.3. The summed E-state index contributed by atoms with van der Waals surface area (Å²) in [6.45, 7) is 0. The number of benzene rings is 1. The van der Waals surface area contributed by atoms with Crippen molar-refractivity contribution in [2.24, 2.45) is 0 Å². The van der Waals surface area contributed by atoms with Gasteiger partial charge in [-0.25, -0.2) is 8.78 Å². The minimum Gasteiger partial charge on any atom is -0.298 e. The van der Waals surface area contributed by atoms with E-state index in [9.17, 15) is 13.6 Å². The predicted molar refractivity (Wildman–Crippen MR) is 41.2 cm³/mol. The number of nitrogens with zero attached hydrogens (tertiary/aromatic N) is 2. The molecule has 0 saturated carbocycles. The average Bonchev–Trinajstić information content (AvgIpc) is 2.19. The van der Waals surface area contributed by atoms with E-state index < -0.39 is 28.3 Å². The number of halogens is 2. The van der Waals surface area contributed by atoms with Gasteiger partial charge in [0.2, 0.25) is 0 Å². The van der Waals surface area contributed by atoms with Gasteiger partial charge in [-0.3, -0.25) is 4.79 Å². The van der Waals surface area contributed by atoms with E-state index >= 15 is 0 Å². The lowest BCUT2D eigenvalue weighted by Crippen LogP contribution is -2.00. The maximum Gasteiger partial charge on any atom is 0.156 e. The molecule has 3 nitrogen and oxygen atoms in total. The smallest absolute Gasteiger partial charge is 0.156 e. The molecule has 68 valence electrons. The van der Waals surface area contributed by atoms with Gasteiger partial charge >= 0.3 is 0 Å². The van der Waals surface area contributed by atoms with Crippen molar-refractivity contribution >= 4 is 6.29 Å². The third kappa shape index (κ3) is 1.32.